The van der Waals surface area contributed by atoms with Gasteiger partial charge in [0.05, 0.1) is 44.0 Å². The van der Waals surface area contributed by atoms with Crippen molar-refractivity contribution < 1.29 is 27.1 Å². The van der Waals surface area contributed by atoms with E-state index >= 15 is 0 Å². The van der Waals surface area contributed by atoms with Crippen LogP contribution >= 0.6 is 0 Å². The van der Waals surface area contributed by atoms with Crippen LogP contribution in [0.4, 0.5) is 9.18 Å². The van der Waals surface area contributed by atoms with Gasteiger partial charge in [0.15, 0.2) is 5.82 Å². The summed E-state index contributed by atoms with van der Waals surface area (Å²) in [5.74, 6) is 0.680. The van der Waals surface area contributed by atoms with Crippen molar-refractivity contribution in [2.24, 2.45) is 11.8 Å². The molecule has 2 heterocycles. The van der Waals surface area contributed by atoms with Crippen LogP contribution in [-0.4, -0.2) is 73.1 Å². The van der Waals surface area contributed by atoms with Crippen molar-refractivity contribution in [3.05, 3.63) is 24.0 Å². The van der Waals surface area contributed by atoms with Gasteiger partial charge in [-0.25, -0.2) is 32.3 Å². The first-order valence-corrected chi connectivity index (χ1v) is 13.7. The molecule has 1 aliphatic heterocycles. The monoisotopic (exact) mass is 498 g/mol. The number of rotatable bonds is 8. The van der Waals surface area contributed by atoms with Gasteiger partial charge in [-0.3, -0.25) is 4.90 Å². The molecule has 0 bridgehead atoms. The van der Waals surface area contributed by atoms with Gasteiger partial charge in [-0.1, -0.05) is 13.8 Å². The Kier molecular flexibility index (Phi) is 7.17. The highest BCUT2D eigenvalue weighted by molar-refractivity contribution is 7.89. The number of carbonyl (C=O) groups is 1. The molecule has 0 aromatic carbocycles. The Bertz CT molecular complexity index is 992. The maximum atomic E-state index is 13.2. The Morgan fingerprint density at radius 1 is 1.32 bits per heavy atom. The predicted molar refractivity (Wildman–Crippen MR) is 123 cm³/mol. The first-order valence-electron chi connectivity index (χ1n) is 12.0. The lowest BCUT2D eigenvalue weighted by atomic mass is 9.86. The fourth-order valence-electron chi connectivity index (χ4n) is 5.81. The van der Waals surface area contributed by atoms with Crippen molar-refractivity contribution in [1.82, 2.24) is 19.6 Å². The van der Waals surface area contributed by atoms with Crippen LogP contribution in [0.25, 0.3) is 0 Å². The predicted octanol–water partition coefficient (Wildman–Crippen LogP) is 2.62. The Labute approximate surface area is 200 Å². The molecule has 1 aromatic heterocycles. The minimum absolute atomic E-state index is 0.00407. The standard InChI is InChI=1S/C23H35FN4O5S/c1-14(2)13-34(30,31)27-19-7-15(3)28(22(29)32-4)20(19)12-33-18-5-6-23(9-16(23)8-18)21-25-10-17(24)11-26-21/h10-11,14-16,18-20,27H,5-9,12-13H2,1-4H3/t15-,16-,18+,19+,20+,23-/m1/s1. The number of hydrogen-bond acceptors (Lipinski definition) is 7. The van der Waals surface area contributed by atoms with Gasteiger partial charge in [0.1, 0.15) is 5.82 Å². The van der Waals surface area contributed by atoms with E-state index in [-0.39, 0.29) is 35.8 Å². The van der Waals surface area contributed by atoms with Gasteiger partial charge in [-0.05, 0) is 50.9 Å². The number of amides is 1. The number of halogens is 1. The number of carbonyl (C=O) groups excluding carboxylic acids is 1. The van der Waals surface area contributed by atoms with E-state index in [0.29, 0.717) is 18.2 Å². The van der Waals surface area contributed by atoms with Gasteiger partial charge in [0.2, 0.25) is 10.0 Å². The van der Waals surface area contributed by atoms with Gasteiger partial charge < -0.3 is 9.47 Å². The highest BCUT2D eigenvalue weighted by Gasteiger charge is 2.60. The summed E-state index contributed by atoms with van der Waals surface area (Å²) in [5.41, 5.74) is -0.0809. The molecule has 1 amide bonds. The third kappa shape index (κ3) is 5.21. The van der Waals surface area contributed by atoms with Crippen LogP contribution in [0.2, 0.25) is 0 Å². The second-order valence-electron chi connectivity index (χ2n) is 10.4. The number of fused-ring (bicyclic) bond motifs is 1. The molecule has 9 nitrogen and oxygen atoms in total. The van der Waals surface area contributed by atoms with Crippen molar-refractivity contribution in [2.75, 3.05) is 19.5 Å². The van der Waals surface area contributed by atoms with Gasteiger partial charge in [-0.2, -0.15) is 0 Å². The molecule has 2 aliphatic carbocycles. The summed E-state index contributed by atoms with van der Waals surface area (Å²) in [5, 5.41) is 0. The van der Waals surface area contributed by atoms with Crippen molar-refractivity contribution in [2.45, 2.75) is 82.5 Å². The third-order valence-electron chi connectivity index (χ3n) is 7.42. The zero-order valence-electron chi connectivity index (χ0n) is 20.2. The number of likely N-dealkylation sites (tertiary alicyclic amines) is 1. The maximum Gasteiger partial charge on any atom is 0.410 e. The molecule has 4 rings (SSSR count). The highest BCUT2D eigenvalue weighted by atomic mass is 32.2. The second-order valence-corrected chi connectivity index (χ2v) is 12.2. The van der Waals surface area contributed by atoms with Crippen LogP contribution in [0.1, 0.15) is 58.7 Å². The summed E-state index contributed by atoms with van der Waals surface area (Å²) in [4.78, 5) is 22.5. The molecule has 11 heteroatoms. The lowest BCUT2D eigenvalue weighted by Gasteiger charge is -2.32. The second kappa shape index (κ2) is 9.66. The summed E-state index contributed by atoms with van der Waals surface area (Å²) < 4.78 is 52.5. The number of nitrogens with one attached hydrogen (secondary N) is 1. The van der Waals surface area contributed by atoms with E-state index in [1.807, 2.05) is 20.8 Å². The van der Waals surface area contributed by atoms with Crippen LogP contribution in [0, 0.1) is 17.7 Å². The average Bonchev–Trinajstić information content (AvgIpc) is 3.41. The summed E-state index contributed by atoms with van der Waals surface area (Å²) >= 11 is 0. The number of nitrogens with zero attached hydrogens (tertiary/aromatic N) is 3. The summed E-state index contributed by atoms with van der Waals surface area (Å²) in [6.45, 7) is 5.83. The van der Waals surface area contributed by atoms with E-state index in [1.165, 1.54) is 19.5 Å². The SMILES string of the molecule is COC(=O)N1[C@H](C)C[C@H](NS(=O)(=O)CC(C)C)[C@@H]1CO[C@H]1CC[C@@]2(c3ncc(F)cn3)C[C@H]2C1. The molecule has 190 valence electrons. The normalized spacial score (nSPS) is 33.1. The molecule has 0 unspecified atom stereocenters. The third-order valence-corrected chi connectivity index (χ3v) is 9.19. The minimum Gasteiger partial charge on any atom is -0.453 e. The maximum absolute atomic E-state index is 13.2. The number of hydrogen-bond donors (Lipinski definition) is 1. The van der Waals surface area contributed by atoms with Crippen molar-refractivity contribution in [3.8, 4) is 0 Å². The summed E-state index contributed by atoms with van der Waals surface area (Å²) in [6, 6.07) is -1.06. The highest BCUT2D eigenvalue weighted by Crippen LogP contribution is 2.61. The molecule has 0 spiro atoms. The van der Waals surface area contributed by atoms with Gasteiger partial charge in [0.25, 0.3) is 0 Å². The van der Waals surface area contributed by atoms with Gasteiger partial charge in [0, 0.05) is 17.5 Å². The number of methoxy groups -OCH3 is 1. The number of sulfonamides is 1. The quantitative estimate of drug-likeness (QED) is 0.587. The molecule has 3 aliphatic rings. The first-order chi connectivity index (χ1) is 16.0. The zero-order valence-corrected chi connectivity index (χ0v) is 21.1. The molecule has 1 aromatic rings. The number of aromatic nitrogens is 2. The Morgan fingerprint density at radius 2 is 2.03 bits per heavy atom. The largest absolute Gasteiger partial charge is 0.453 e. The van der Waals surface area contributed by atoms with Crippen LogP contribution in [-0.2, 0) is 24.9 Å². The molecule has 1 saturated heterocycles. The average molecular weight is 499 g/mol. The topological polar surface area (TPSA) is 111 Å². The van der Waals surface area contributed by atoms with Crippen molar-refractivity contribution >= 4 is 16.1 Å². The molecule has 6 atom stereocenters. The minimum atomic E-state index is -3.49. The Hall–Kier alpha value is -1.85. The van der Waals surface area contributed by atoms with Gasteiger partial charge in [-0.15, -0.1) is 0 Å². The molecule has 34 heavy (non-hydrogen) atoms. The summed E-state index contributed by atoms with van der Waals surface area (Å²) in [6.07, 6.45) is 5.93. The van der Waals surface area contributed by atoms with Crippen LogP contribution in [0.5, 0.6) is 0 Å². The molecular formula is C23H35FN4O5S. The first kappa shape index (κ1) is 25.2. The van der Waals surface area contributed by atoms with E-state index in [2.05, 4.69) is 14.7 Å². The molecular weight excluding hydrogens is 463 g/mol. The van der Waals surface area contributed by atoms with E-state index < -0.39 is 34.0 Å². The fourth-order valence-corrected chi connectivity index (χ4v) is 7.50. The zero-order chi connectivity index (χ0) is 24.7. The smallest absolute Gasteiger partial charge is 0.410 e. The molecule has 3 fully saturated rings. The lowest BCUT2D eigenvalue weighted by molar-refractivity contribution is -0.0103. The van der Waals surface area contributed by atoms with Crippen molar-refractivity contribution in [1.29, 1.82) is 0 Å². The fraction of sp³-hybridized carbons (Fsp3) is 0.783. The van der Waals surface area contributed by atoms with E-state index in [1.54, 1.807) is 4.90 Å². The Morgan fingerprint density at radius 3 is 2.65 bits per heavy atom. The van der Waals surface area contributed by atoms with Crippen molar-refractivity contribution in [3.63, 3.8) is 0 Å². The van der Waals surface area contributed by atoms with E-state index in [0.717, 1.165) is 25.7 Å². The summed E-state index contributed by atoms with van der Waals surface area (Å²) in [7, 11) is -2.16. The van der Waals surface area contributed by atoms with E-state index in [9.17, 15) is 17.6 Å². The Balaban J connectivity index is 1.40. The van der Waals surface area contributed by atoms with Crippen LogP contribution in [0.15, 0.2) is 12.4 Å². The number of ether oxygens (including phenoxy) is 2. The lowest BCUT2D eigenvalue weighted by Crippen LogP contribution is -2.51. The van der Waals surface area contributed by atoms with E-state index in [4.69, 9.17) is 9.47 Å². The van der Waals surface area contributed by atoms with Crippen LogP contribution in [0.3, 0.4) is 0 Å². The molecule has 1 N–H and O–H groups in total. The molecule has 0 radical (unpaired) electrons. The van der Waals surface area contributed by atoms with Crippen LogP contribution < -0.4 is 4.72 Å². The molecule has 2 saturated carbocycles. The van der Waals surface area contributed by atoms with Gasteiger partial charge >= 0.3 is 6.09 Å².